The molecule has 1 saturated carbocycles. The Morgan fingerprint density at radius 1 is 1.03 bits per heavy atom. The minimum absolute atomic E-state index is 0.0124. The average Bonchev–Trinajstić information content (AvgIpc) is 3.35. The van der Waals surface area contributed by atoms with Gasteiger partial charge in [0.2, 0.25) is 0 Å². The van der Waals surface area contributed by atoms with Crippen molar-refractivity contribution in [1.82, 2.24) is 0 Å². The van der Waals surface area contributed by atoms with E-state index >= 15 is 0 Å². The first kappa shape index (κ1) is 23.9. The highest BCUT2D eigenvalue weighted by Gasteiger charge is 2.30. The molecular formula is C28H32NO2PS2. The largest absolute Gasteiger partial charge is 0.466 e. The molecule has 0 amide bonds. The maximum Gasteiger partial charge on any atom is 0.308 e. The Morgan fingerprint density at radius 2 is 1.71 bits per heavy atom. The minimum atomic E-state index is -0.736. The number of thioether (sulfide) groups is 2. The summed E-state index contributed by atoms with van der Waals surface area (Å²) in [7, 11) is 1.43. The van der Waals surface area contributed by atoms with Gasteiger partial charge in [-0.3, -0.25) is 4.79 Å². The van der Waals surface area contributed by atoms with E-state index in [4.69, 9.17) is 4.74 Å². The van der Waals surface area contributed by atoms with Crippen molar-refractivity contribution >= 4 is 52.7 Å². The monoisotopic (exact) mass is 509 g/mol. The Balaban J connectivity index is 1.45. The zero-order valence-electron chi connectivity index (χ0n) is 20.0. The van der Waals surface area contributed by atoms with Crippen LogP contribution in [0.25, 0.3) is 0 Å². The van der Waals surface area contributed by atoms with Gasteiger partial charge in [0, 0.05) is 21.5 Å². The van der Waals surface area contributed by atoms with E-state index in [9.17, 15) is 4.79 Å². The maximum absolute atomic E-state index is 12.3. The van der Waals surface area contributed by atoms with Crippen molar-refractivity contribution in [2.45, 2.75) is 42.4 Å². The van der Waals surface area contributed by atoms with Gasteiger partial charge in [-0.1, -0.05) is 61.4 Å². The van der Waals surface area contributed by atoms with Crippen LogP contribution in [0.4, 0.5) is 5.69 Å². The molecule has 0 radical (unpaired) electrons. The van der Waals surface area contributed by atoms with Crippen LogP contribution in [-0.4, -0.2) is 30.9 Å². The molecule has 0 spiro atoms. The summed E-state index contributed by atoms with van der Waals surface area (Å²) in [5.41, 5.74) is 2.70. The highest BCUT2D eigenvalue weighted by molar-refractivity contribution is 8.22. The molecule has 2 aliphatic heterocycles. The van der Waals surface area contributed by atoms with Crippen molar-refractivity contribution in [3.63, 3.8) is 0 Å². The Labute approximate surface area is 212 Å². The predicted molar refractivity (Wildman–Crippen MR) is 150 cm³/mol. The van der Waals surface area contributed by atoms with Gasteiger partial charge < -0.3 is 9.64 Å². The van der Waals surface area contributed by atoms with E-state index in [2.05, 4.69) is 79.3 Å². The second-order valence-electron chi connectivity index (χ2n) is 9.14. The van der Waals surface area contributed by atoms with Gasteiger partial charge in [-0.2, -0.15) is 0 Å². The summed E-state index contributed by atoms with van der Waals surface area (Å²) in [6, 6.07) is 17.5. The Bertz CT molecular complexity index is 1190. The SMILES string of the molecule is CCOC(=O)C1CCC(C(=C\C2=[PH](C)c3ccccc3S2)/C=C2/Sc3ccccc3N2C)CC1. The van der Waals surface area contributed by atoms with E-state index in [1.807, 2.05) is 30.4 Å². The number of hydrogen-bond donors (Lipinski definition) is 0. The summed E-state index contributed by atoms with van der Waals surface area (Å²) in [4.78, 5) is 17.4. The molecule has 1 unspecified atom stereocenters. The van der Waals surface area contributed by atoms with Crippen LogP contribution >= 0.6 is 31.1 Å². The van der Waals surface area contributed by atoms with E-state index in [-0.39, 0.29) is 11.9 Å². The summed E-state index contributed by atoms with van der Waals surface area (Å²) in [5.74, 6) is 0.519. The first-order valence-corrected chi connectivity index (χ1v) is 15.8. The predicted octanol–water partition coefficient (Wildman–Crippen LogP) is 6.77. The van der Waals surface area contributed by atoms with Crippen molar-refractivity contribution in [2.75, 3.05) is 25.2 Å². The van der Waals surface area contributed by atoms with E-state index in [1.165, 1.54) is 36.0 Å². The minimum Gasteiger partial charge on any atom is -0.466 e. The van der Waals surface area contributed by atoms with Crippen LogP contribution in [-0.2, 0) is 9.53 Å². The number of carbonyl (C=O) groups is 1. The molecule has 5 rings (SSSR count). The first-order valence-electron chi connectivity index (χ1n) is 12.1. The number of allylic oxidation sites excluding steroid dienone is 2. The Morgan fingerprint density at radius 3 is 2.41 bits per heavy atom. The fourth-order valence-electron chi connectivity index (χ4n) is 5.07. The van der Waals surface area contributed by atoms with Gasteiger partial charge in [-0.15, -0.1) is 0 Å². The number of carbonyl (C=O) groups excluding carboxylic acids is 1. The fraction of sp³-hybridized carbons (Fsp3) is 0.357. The van der Waals surface area contributed by atoms with Crippen LogP contribution in [0.2, 0.25) is 0 Å². The van der Waals surface area contributed by atoms with Crippen molar-refractivity contribution < 1.29 is 9.53 Å². The topological polar surface area (TPSA) is 29.5 Å². The number of hydrogen-bond acceptors (Lipinski definition) is 5. The van der Waals surface area contributed by atoms with E-state index in [0.29, 0.717) is 12.5 Å². The van der Waals surface area contributed by atoms with Crippen LogP contribution in [0.15, 0.2) is 81.1 Å². The number of rotatable bonds is 5. The zero-order chi connectivity index (χ0) is 23.7. The van der Waals surface area contributed by atoms with Gasteiger partial charge in [0.25, 0.3) is 0 Å². The molecule has 3 nitrogen and oxygen atoms in total. The standard InChI is InChI=1S/C28H32NO2PS2/c1-4-31-28(30)20-15-13-19(14-16-20)21(17-26-29(2)22-9-5-7-11-24(22)33-26)18-27-32(3)23-10-6-8-12-25(23)34-27/h5-12,17-20,32H,4,13-16H2,1-3H3/b21-18-,26-17+. The molecule has 0 aromatic heterocycles. The molecule has 0 bridgehead atoms. The normalized spacial score (nSPS) is 25.4. The Hall–Kier alpha value is -1.81. The lowest BCUT2D eigenvalue weighted by molar-refractivity contribution is -0.149. The molecule has 2 aromatic carbocycles. The molecule has 1 atom stereocenters. The number of fused-ring (bicyclic) bond motifs is 2. The third kappa shape index (κ3) is 4.80. The molecule has 1 fully saturated rings. The lowest BCUT2D eigenvalue weighted by Gasteiger charge is -2.29. The molecule has 178 valence electrons. The summed E-state index contributed by atoms with van der Waals surface area (Å²) in [6.07, 6.45) is 8.83. The van der Waals surface area contributed by atoms with Crippen molar-refractivity contribution in [3.8, 4) is 0 Å². The third-order valence-corrected chi connectivity index (χ3v) is 12.7. The molecule has 1 aliphatic carbocycles. The fourth-order valence-corrected chi connectivity index (χ4v) is 10.3. The summed E-state index contributed by atoms with van der Waals surface area (Å²) in [5, 5.41) is 2.81. The van der Waals surface area contributed by atoms with Crippen LogP contribution < -0.4 is 10.2 Å². The molecule has 34 heavy (non-hydrogen) atoms. The quantitative estimate of drug-likeness (QED) is 0.328. The highest BCUT2D eigenvalue weighted by Crippen LogP contribution is 2.47. The van der Waals surface area contributed by atoms with Crippen molar-refractivity contribution in [1.29, 1.82) is 0 Å². The number of para-hydroxylation sites is 1. The second-order valence-corrected chi connectivity index (χ2v) is 14.0. The smallest absolute Gasteiger partial charge is 0.308 e. The lowest BCUT2D eigenvalue weighted by atomic mass is 9.78. The highest BCUT2D eigenvalue weighted by atomic mass is 32.2. The summed E-state index contributed by atoms with van der Waals surface area (Å²) < 4.78 is 6.84. The van der Waals surface area contributed by atoms with Gasteiger partial charge in [-0.05, 0) is 86.4 Å². The number of esters is 1. The second kappa shape index (κ2) is 10.4. The van der Waals surface area contributed by atoms with Gasteiger partial charge in [0.1, 0.15) is 0 Å². The van der Waals surface area contributed by atoms with Crippen molar-refractivity contribution in [2.24, 2.45) is 11.8 Å². The summed E-state index contributed by atoms with van der Waals surface area (Å²) >= 11 is 3.82. The zero-order valence-corrected chi connectivity index (χ0v) is 22.7. The van der Waals surface area contributed by atoms with E-state index < -0.39 is 7.55 Å². The van der Waals surface area contributed by atoms with Crippen LogP contribution in [0, 0.1) is 11.8 Å². The molecule has 3 aliphatic rings. The first-order chi connectivity index (χ1) is 16.5. The third-order valence-electron chi connectivity index (χ3n) is 7.06. The molecule has 2 aromatic rings. The Kier molecular flexibility index (Phi) is 7.34. The van der Waals surface area contributed by atoms with Gasteiger partial charge in [-0.25, -0.2) is 0 Å². The molecular weight excluding hydrogens is 477 g/mol. The molecule has 2 heterocycles. The van der Waals surface area contributed by atoms with Crippen LogP contribution in [0.3, 0.4) is 0 Å². The van der Waals surface area contributed by atoms with Crippen LogP contribution in [0.5, 0.6) is 0 Å². The lowest BCUT2D eigenvalue weighted by Crippen LogP contribution is -2.24. The number of ether oxygens (including phenoxy) is 1. The van der Waals surface area contributed by atoms with Crippen molar-refractivity contribution in [3.05, 3.63) is 71.3 Å². The molecule has 6 heteroatoms. The van der Waals surface area contributed by atoms with Gasteiger partial charge in [0.05, 0.1) is 23.2 Å². The molecule has 0 N–H and O–H groups in total. The number of nitrogens with zero attached hydrogens (tertiary/aromatic N) is 1. The van der Waals surface area contributed by atoms with Crippen LogP contribution in [0.1, 0.15) is 32.6 Å². The summed E-state index contributed by atoms with van der Waals surface area (Å²) in [6.45, 7) is 4.78. The average molecular weight is 510 g/mol. The van der Waals surface area contributed by atoms with Gasteiger partial charge in [0.15, 0.2) is 0 Å². The van der Waals surface area contributed by atoms with Gasteiger partial charge >= 0.3 is 5.97 Å². The van der Waals surface area contributed by atoms with E-state index in [1.54, 1.807) is 0 Å². The molecule has 0 saturated heterocycles. The van der Waals surface area contributed by atoms with E-state index in [0.717, 1.165) is 25.7 Å². The number of anilines is 1. The maximum atomic E-state index is 12.3. The number of benzene rings is 2.